The smallest absolute Gasteiger partial charge is 0.185 e. The lowest BCUT2D eigenvalue weighted by molar-refractivity contribution is 0.310. The van der Waals surface area contributed by atoms with Crippen molar-refractivity contribution < 1.29 is 50.4 Å². The number of fused-ring (bicyclic) bond motifs is 8. The van der Waals surface area contributed by atoms with Crippen molar-refractivity contribution >= 4 is 39.9 Å². The summed E-state index contributed by atoms with van der Waals surface area (Å²) in [7, 11) is 0. The molecular formula is C47H31F8N5O3. The molecule has 2 aliphatic heterocycles. The minimum Gasteiger partial charge on any atom is -0.508 e. The molecule has 0 radical (unpaired) electrons. The molecule has 8 bridgehead atoms. The maximum atomic E-state index is 16.4. The van der Waals surface area contributed by atoms with E-state index in [-0.39, 0.29) is 91.4 Å². The molecule has 6 N–H and O–H groups in total. The van der Waals surface area contributed by atoms with Crippen LogP contribution in [0.1, 0.15) is 28.3 Å². The van der Waals surface area contributed by atoms with Crippen LogP contribution in [0.25, 0.3) is 78.7 Å². The average molecular weight is 866 g/mol. The topological polar surface area (TPSA) is 130 Å². The zero-order valence-electron chi connectivity index (χ0n) is 32.7. The number of hydrogen-bond acceptors (Lipinski definition) is 6. The zero-order valence-corrected chi connectivity index (χ0v) is 32.7. The van der Waals surface area contributed by atoms with E-state index in [9.17, 15) is 15.3 Å². The van der Waals surface area contributed by atoms with E-state index < -0.39 is 82.1 Å². The molecule has 0 aliphatic carbocycles. The van der Waals surface area contributed by atoms with Gasteiger partial charge in [-0.2, -0.15) is 0 Å². The lowest BCUT2D eigenvalue weighted by Crippen LogP contribution is -2.12. The summed E-state index contributed by atoms with van der Waals surface area (Å²) in [6, 6.07) is 17.5. The molecule has 0 saturated heterocycles. The molecule has 0 saturated carbocycles. The lowest BCUT2D eigenvalue weighted by atomic mass is 9.99. The number of nitrogens with one attached hydrogen (secondary N) is 3. The first-order valence-corrected chi connectivity index (χ1v) is 19.4. The first-order valence-electron chi connectivity index (χ1n) is 19.4. The molecule has 7 aromatic rings. The predicted molar refractivity (Wildman–Crippen MR) is 222 cm³/mol. The second-order valence-electron chi connectivity index (χ2n) is 14.8. The van der Waals surface area contributed by atoms with Gasteiger partial charge in [0.2, 0.25) is 0 Å². The lowest BCUT2D eigenvalue weighted by Gasteiger charge is -2.14. The highest BCUT2D eigenvalue weighted by Gasteiger charge is 2.31. The summed E-state index contributed by atoms with van der Waals surface area (Å²) in [6.07, 6.45) is 2.77. The van der Waals surface area contributed by atoms with E-state index in [0.717, 1.165) is 6.92 Å². The van der Waals surface area contributed by atoms with Crippen molar-refractivity contribution in [3.05, 3.63) is 148 Å². The van der Waals surface area contributed by atoms with Gasteiger partial charge in [0.15, 0.2) is 46.5 Å². The van der Waals surface area contributed by atoms with Gasteiger partial charge in [-0.3, -0.25) is 4.98 Å². The molecule has 318 valence electrons. The van der Waals surface area contributed by atoms with Crippen LogP contribution in [0.3, 0.4) is 0 Å². The first kappa shape index (κ1) is 40.9. The van der Waals surface area contributed by atoms with Crippen molar-refractivity contribution in [3.63, 3.8) is 0 Å². The predicted octanol–water partition coefficient (Wildman–Crippen LogP) is 11.2. The molecule has 0 atom stereocenters. The molecule has 0 spiro atoms. The number of aryl methyl sites for hydroxylation is 2. The number of aliphatic hydroxyl groups is 1. The molecule has 4 aromatic carbocycles. The number of aromatic hydroxyl groups is 2. The number of hydrogen-bond donors (Lipinski definition) is 6. The molecule has 0 fully saturated rings. The van der Waals surface area contributed by atoms with Crippen molar-refractivity contribution in [1.82, 2.24) is 19.9 Å². The number of halogens is 8. The van der Waals surface area contributed by atoms with Gasteiger partial charge in [-0.15, -0.1) is 0 Å². The number of aromatic nitrogens is 4. The highest BCUT2D eigenvalue weighted by molar-refractivity contribution is 5.98. The third kappa shape index (κ3) is 6.82. The molecule has 2 aliphatic rings. The Balaban J connectivity index is 1.50. The van der Waals surface area contributed by atoms with Gasteiger partial charge in [-0.05, 0) is 91.6 Å². The number of phenols is 2. The van der Waals surface area contributed by atoms with Gasteiger partial charge >= 0.3 is 0 Å². The Morgan fingerprint density at radius 1 is 0.524 bits per heavy atom. The van der Waals surface area contributed by atoms with Crippen molar-refractivity contribution in [2.45, 2.75) is 19.8 Å². The van der Waals surface area contributed by atoms with Crippen molar-refractivity contribution in [2.24, 2.45) is 0 Å². The Bertz CT molecular complexity index is 3210. The summed E-state index contributed by atoms with van der Waals surface area (Å²) < 4.78 is 127. The van der Waals surface area contributed by atoms with Gasteiger partial charge < -0.3 is 30.6 Å². The standard InChI is InChI=1S/C47H31F8N5O3/c1-20-39(48)41(50)37(42(51)40(20)49)35-29-12-8-25(57-29)33(21-4-2-6-23(62)18-21)27-10-14-31(59-27)36(38-43(52)45(54)47(56-16-17-61)46(55)44(38)53)32-15-11-28(60-32)34(26-9-13-30(35)58-26)22-5-3-7-24(63)19-22/h2-10,12-14,18-19,56,58-59,61-63H,11,15-17H2,1H3. The maximum absolute atomic E-state index is 16.4. The Morgan fingerprint density at radius 2 is 0.968 bits per heavy atom. The number of anilines is 1. The fourth-order valence-electron chi connectivity index (χ4n) is 8.11. The molecular weight excluding hydrogens is 835 g/mol. The van der Waals surface area contributed by atoms with Gasteiger partial charge in [0.05, 0.1) is 40.5 Å². The quantitative estimate of drug-likeness (QED) is 0.0699. The van der Waals surface area contributed by atoms with Gasteiger partial charge in [-0.1, -0.05) is 24.3 Å². The third-order valence-corrected chi connectivity index (χ3v) is 11.0. The van der Waals surface area contributed by atoms with E-state index in [1.165, 1.54) is 72.8 Å². The van der Waals surface area contributed by atoms with E-state index in [1.54, 1.807) is 12.1 Å². The normalized spacial score (nSPS) is 12.3. The number of aromatic amines is 2. The van der Waals surface area contributed by atoms with Gasteiger partial charge in [0, 0.05) is 56.4 Å². The highest BCUT2D eigenvalue weighted by atomic mass is 19.2. The van der Waals surface area contributed by atoms with Crippen LogP contribution >= 0.6 is 0 Å². The summed E-state index contributed by atoms with van der Waals surface area (Å²) >= 11 is 0. The number of nitrogens with zero attached hydrogens (tertiary/aromatic N) is 2. The number of H-pyrrole nitrogens is 2. The molecule has 3 aromatic heterocycles. The number of aliphatic hydroxyl groups excluding tert-OH is 1. The van der Waals surface area contributed by atoms with Gasteiger partial charge in [0.25, 0.3) is 0 Å². The fourth-order valence-corrected chi connectivity index (χ4v) is 8.11. The first-order chi connectivity index (χ1) is 30.3. The Labute approximate surface area is 351 Å². The molecule has 9 rings (SSSR count). The third-order valence-electron chi connectivity index (χ3n) is 11.0. The van der Waals surface area contributed by atoms with Crippen LogP contribution in [-0.4, -0.2) is 48.4 Å². The van der Waals surface area contributed by atoms with Crippen LogP contribution in [0.4, 0.5) is 40.8 Å². The van der Waals surface area contributed by atoms with E-state index in [1.807, 2.05) is 0 Å². The summed E-state index contributed by atoms with van der Waals surface area (Å²) in [5.74, 6) is -14.0. The van der Waals surface area contributed by atoms with E-state index >= 15 is 35.1 Å². The van der Waals surface area contributed by atoms with Crippen LogP contribution < -0.4 is 5.32 Å². The van der Waals surface area contributed by atoms with Crippen molar-refractivity contribution in [1.29, 1.82) is 0 Å². The summed E-state index contributed by atoms with van der Waals surface area (Å²) in [5.41, 5.74) is -3.46. The largest absolute Gasteiger partial charge is 0.508 e. The van der Waals surface area contributed by atoms with Gasteiger partial charge in [0.1, 0.15) is 17.2 Å². The average Bonchev–Trinajstić information content (AvgIpc) is 4.12. The maximum Gasteiger partial charge on any atom is 0.185 e. The summed E-state index contributed by atoms with van der Waals surface area (Å²) in [5, 5.41) is 32.6. The Morgan fingerprint density at radius 3 is 1.51 bits per heavy atom. The number of phenolic OH excluding ortho intramolecular Hbond substituents is 2. The monoisotopic (exact) mass is 865 g/mol. The minimum absolute atomic E-state index is 0.0304. The van der Waals surface area contributed by atoms with Crippen LogP contribution in [0.15, 0.2) is 72.8 Å². The fraction of sp³-hybridized carbons (Fsp3) is 0.106. The minimum atomic E-state index is -1.76. The second-order valence-corrected chi connectivity index (χ2v) is 14.8. The molecule has 16 heteroatoms. The van der Waals surface area contributed by atoms with Crippen molar-refractivity contribution in [2.75, 3.05) is 18.5 Å². The molecule has 8 nitrogen and oxygen atoms in total. The Hall–Kier alpha value is -7.46. The van der Waals surface area contributed by atoms with Gasteiger partial charge in [-0.25, -0.2) is 40.1 Å². The SMILES string of the molecule is Cc1c(F)c(F)c(-c2c3nc(c(-c4cccc(O)c4)c4ccc([nH]4)c(-c4c(F)c(F)c(NCCO)c(F)c4F)c4nc(c(-c5cccc(O)c5)c5ccc2[nH]5)CC4)C=C3)c(F)c1F. The molecule has 0 amide bonds. The van der Waals surface area contributed by atoms with E-state index in [0.29, 0.717) is 11.1 Å². The second kappa shape index (κ2) is 15.8. The van der Waals surface area contributed by atoms with Crippen molar-refractivity contribution in [3.8, 4) is 56.0 Å². The van der Waals surface area contributed by atoms with E-state index in [2.05, 4.69) is 15.3 Å². The molecule has 0 unspecified atom stereocenters. The highest BCUT2D eigenvalue weighted by Crippen LogP contribution is 2.43. The van der Waals surface area contributed by atoms with E-state index in [4.69, 9.17) is 9.97 Å². The van der Waals surface area contributed by atoms with Crippen LogP contribution in [-0.2, 0) is 12.8 Å². The summed E-state index contributed by atoms with van der Waals surface area (Å²) in [6.45, 7) is -0.129. The molecule has 5 heterocycles. The number of benzene rings is 4. The Kier molecular flexibility index (Phi) is 10.2. The summed E-state index contributed by atoms with van der Waals surface area (Å²) in [4.78, 5) is 15.7. The zero-order chi connectivity index (χ0) is 44.4. The number of rotatable bonds is 7. The van der Waals surface area contributed by atoms with Crippen LogP contribution in [0.5, 0.6) is 11.5 Å². The molecule has 63 heavy (non-hydrogen) atoms. The van der Waals surface area contributed by atoms with Crippen LogP contribution in [0, 0.1) is 53.5 Å². The van der Waals surface area contributed by atoms with Crippen LogP contribution in [0.2, 0.25) is 0 Å².